The summed E-state index contributed by atoms with van der Waals surface area (Å²) in [4.78, 5) is 37.4. The molecule has 0 saturated heterocycles. The van der Waals surface area contributed by atoms with Crippen LogP contribution in [0, 0.1) is 5.92 Å². The molecule has 1 atom stereocenters. The van der Waals surface area contributed by atoms with Crippen LogP contribution in [0.3, 0.4) is 0 Å². The van der Waals surface area contributed by atoms with E-state index in [0.29, 0.717) is 25.1 Å². The van der Waals surface area contributed by atoms with E-state index < -0.39 is 17.3 Å². The summed E-state index contributed by atoms with van der Waals surface area (Å²) in [6, 6.07) is 15.2. The van der Waals surface area contributed by atoms with Gasteiger partial charge in [0, 0.05) is 19.0 Å². The molecule has 37 heavy (non-hydrogen) atoms. The van der Waals surface area contributed by atoms with Crippen molar-refractivity contribution >= 4 is 18.0 Å². The van der Waals surface area contributed by atoms with E-state index in [1.165, 1.54) is 0 Å². The van der Waals surface area contributed by atoms with Crippen LogP contribution < -0.4 is 10.6 Å². The Morgan fingerprint density at radius 2 is 1.43 bits per heavy atom. The number of hydrogen-bond acceptors (Lipinski definition) is 5. The third-order valence-electron chi connectivity index (χ3n) is 5.45. The molecule has 2 rings (SSSR count). The van der Waals surface area contributed by atoms with E-state index in [0.717, 1.165) is 29.5 Å². The molecule has 2 aromatic carbocycles. The van der Waals surface area contributed by atoms with Crippen molar-refractivity contribution in [2.75, 3.05) is 6.54 Å². The maximum Gasteiger partial charge on any atom is 0.407 e. The SMILES string of the molecule is CCCC(CCNC(=O)OC(C)(C)C)C(=O)NCc1ccc(-c2ccccc2C(=O)OC(C)(C)C)cc1. The Balaban J connectivity index is 1.97. The molecule has 0 aliphatic heterocycles. The van der Waals surface area contributed by atoms with Crippen molar-refractivity contribution in [3.8, 4) is 11.1 Å². The van der Waals surface area contributed by atoms with Crippen molar-refractivity contribution in [1.29, 1.82) is 0 Å². The van der Waals surface area contributed by atoms with Crippen molar-refractivity contribution < 1.29 is 23.9 Å². The summed E-state index contributed by atoms with van der Waals surface area (Å²) >= 11 is 0. The minimum atomic E-state index is -0.576. The first kappa shape index (κ1) is 29.9. The van der Waals surface area contributed by atoms with Crippen molar-refractivity contribution in [3.63, 3.8) is 0 Å². The number of carbonyl (C=O) groups excluding carboxylic acids is 3. The third kappa shape index (κ3) is 10.7. The zero-order valence-electron chi connectivity index (χ0n) is 23.3. The average molecular weight is 511 g/mol. The number of ether oxygens (including phenoxy) is 2. The quantitative estimate of drug-likeness (QED) is 0.368. The van der Waals surface area contributed by atoms with Crippen LogP contribution in [0.5, 0.6) is 0 Å². The zero-order valence-corrected chi connectivity index (χ0v) is 23.3. The molecular formula is C30H42N2O5. The number of esters is 1. The van der Waals surface area contributed by atoms with Gasteiger partial charge in [0.15, 0.2) is 0 Å². The van der Waals surface area contributed by atoms with E-state index >= 15 is 0 Å². The zero-order chi connectivity index (χ0) is 27.6. The smallest absolute Gasteiger partial charge is 0.407 e. The van der Waals surface area contributed by atoms with Crippen LogP contribution in [-0.4, -0.2) is 35.7 Å². The number of amides is 2. The Hall–Kier alpha value is -3.35. The predicted molar refractivity (Wildman–Crippen MR) is 146 cm³/mol. The predicted octanol–water partition coefficient (Wildman–Crippen LogP) is 6.26. The molecule has 7 nitrogen and oxygen atoms in total. The van der Waals surface area contributed by atoms with Crippen LogP contribution in [0.1, 0.15) is 83.7 Å². The molecule has 7 heteroatoms. The number of alkyl carbamates (subject to hydrolysis) is 1. The normalized spacial score (nSPS) is 12.4. The van der Waals surface area contributed by atoms with Crippen molar-refractivity contribution in [2.24, 2.45) is 5.92 Å². The van der Waals surface area contributed by atoms with Crippen LogP contribution in [0.25, 0.3) is 11.1 Å². The first-order valence-corrected chi connectivity index (χ1v) is 13.0. The van der Waals surface area contributed by atoms with Gasteiger partial charge in [0.05, 0.1) is 5.56 Å². The molecule has 202 valence electrons. The summed E-state index contributed by atoms with van der Waals surface area (Å²) in [7, 11) is 0. The average Bonchev–Trinajstić information content (AvgIpc) is 2.80. The van der Waals surface area contributed by atoms with Crippen LogP contribution in [0.4, 0.5) is 4.79 Å². The lowest BCUT2D eigenvalue weighted by molar-refractivity contribution is -0.125. The molecule has 0 fully saturated rings. The largest absolute Gasteiger partial charge is 0.456 e. The van der Waals surface area contributed by atoms with Crippen LogP contribution >= 0.6 is 0 Å². The second kappa shape index (κ2) is 13.3. The topological polar surface area (TPSA) is 93.7 Å². The molecule has 0 bridgehead atoms. The van der Waals surface area contributed by atoms with Gasteiger partial charge in [0.25, 0.3) is 0 Å². The fourth-order valence-corrected chi connectivity index (χ4v) is 3.80. The highest BCUT2D eigenvalue weighted by Gasteiger charge is 2.21. The summed E-state index contributed by atoms with van der Waals surface area (Å²) in [6.45, 7) is 13.8. The van der Waals surface area contributed by atoms with Gasteiger partial charge < -0.3 is 20.1 Å². The molecule has 0 aliphatic rings. The highest BCUT2D eigenvalue weighted by molar-refractivity contribution is 5.97. The number of rotatable bonds is 10. The molecule has 0 radical (unpaired) electrons. The van der Waals surface area contributed by atoms with Crippen molar-refractivity contribution in [3.05, 3.63) is 59.7 Å². The van der Waals surface area contributed by atoms with Gasteiger partial charge in [0.2, 0.25) is 5.91 Å². The highest BCUT2D eigenvalue weighted by atomic mass is 16.6. The van der Waals surface area contributed by atoms with Gasteiger partial charge in [-0.1, -0.05) is 55.8 Å². The number of benzene rings is 2. The highest BCUT2D eigenvalue weighted by Crippen LogP contribution is 2.26. The Morgan fingerprint density at radius 3 is 2.03 bits per heavy atom. The molecule has 2 N–H and O–H groups in total. The first-order valence-electron chi connectivity index (χ1n) is 13.0. The lowest BCUT2D eigenvalue weighted by Gasteiger charge is -2.21. The van der Waals surface area contributed by atoms with E-state index in [1.54, 1.807) is 6.07 Å². The van der Waals surface area contributed by atoms with Crippen molar-refractivity contribution in [2.45, 2.75) is 85.5 Å². The fourth-order valence-electron chi connectivity index (χ4n) is 3.80. The van der Waals surface area contributed by atoms with Gasteiger partial charge in [-0.2, -0.15) is 0 Å². The Kier molecular flexibility index (Phi) is 10.7. The Bertz CT molecular complexity index is 1050. The van der Waals surface area contributed by atoms with Crippen molar-refractivity contribution in [1.82, 2.24) is 10.6 Å². The van der Waals surface area contributed by atoms with E-state index in [2.05, 4.69) is 10.6 Å². The number of hydrogen-bond donors (Lipinski definition) is 2. The first-order chi connectivity index (χ1) is 17.3. The summed E-state index contributed by atoms with van der Waals surface area (Å²) in [5.74, 6) is -0.588. The van der Waals surface area contributed by atoms with Gasteiger partial charge >= 0.3 is 12.1 Å². The minimum Gasteiger partial charge on any atom is -0.456 e. The summed E-state index contributed by atoms with van der Waals surface area (Å²) < 4.78 is 10.8. The maximum absolute atomic E-state index is 12.8. The Morgan fingerprint density at radius 1 is 0.811 bits per heavy atom. The van der Waals surface area contributed by atoms with E-state index in [1.807, 2.05) is 90.9 Å². The Labute approximate surface area is 221 Å². The van der Waals surface area contributed by atoms with Gasteiger partial charge in [-0.05, 0) is 77.1 Å². The van der Waals surface area contributed by atoms with E-state index in [-0.39, 0.29) is 17.8 Å². The monoisotopic (exact) mass is 510 g/mol. The summed E-state index contributed by atoms with van der Waals surface area (Å²) in [5.41, 5.74) is 2.03. The molecule has 0 saturated carbocycles. The van der Waals surface area contributed by atoms with Crippen LogP contribution in [-0.2, 0) is 20.8 Å². The van der Waals surface area contributed by atoms with Crippen LogP contribution in [0.15, 0.2) is 48.5 Å². The molecule has 0 aliphatic carbocycles. The number of carbonyl (C=O) groups is 3. The second-order valence-corrected chi connectivity index (χ2v) is 11.2. The van der Waals surface area contributed by atoms with Gasteiger partial charge in [-0.15, -0.1) is 0 Å². The molecule has 0 heterocycles. The number of nitrogens with one attached hydrogen (secondary N) is 2. The third-order valence-corrected chi connectivity index (χ3v) is 5.45. The molecule has 0 aromatic heterocycles. The van der Waals surface area contributed by atoms with E-state index in [9.17, 15) is 14.4 Å². The molecule has 1 unspecified atom stereocenters. The maximum atomic E-state index is 12.8. The van der Waals surface area contributed by atoms with Gasteiger partial charge in [-0.25, -0.2) is 9.59 Å². The lowest BCUT2D eigenvalue weighted by Crippen LogP contribution is -2.36. The fraction of sp³-hybridized carbons (Fsp3) is 0.500. The molecule has 2 aromatic rings. The summed E-state index contributed by atoms with van der Waals surface area (Å²) in [6.07, 6.45) is 1.68. The molecule has 0 spiro atoms. The summed E-state index contributed by atoms with van der Waals surface area (Å²) in [5, 5.41) is 5.75. The standard InChI is InChI=1S/C30H42N2O5/c1-8-11-23(18-19-31-28(35)37-30(5,6)7)26(33)32-20-21-14-16-22(17-15-21)24-12-9-10-13-25(24)27(34)36-29(2,3)4/h9-10,12-17,23H,8,11,18-20H2,1-7H3,(H,31,35)(H,32,33). The second-order valence-electron chi connectivity index (χ2n) is 11.2. The minimum absolute atomic E-state index is 0.0350. The lowest BCUT2D eigenvalue weighted by atomic mass is 9.97. The van der Waals surface area contributed by atoms with Crippen LogP contribution in [0.2, 0.25) is 0 Å². The van der Waals surface area contributed by atoms with Gasteiger partial charge in [-0.3, -0.25) is 4.79 Å². The molecule has 2 amide bonds. The van der Waals surface area contributed by atoms with E-state index in [4.69, 9.17) is 9.47 Å². The molecular weight excluding hydrogens is 468 g/mol. The van der Waals surface area contributed by atoms with Gasteiger partial charge in [0.1, 0.15) is 11.2 Å².